The van der Waals surface area contributed by atoms with Crippen LogP contribution in [0.25, 0.3) is 11.1 Å². The monoisotopic (exact) mass is 224 g/mol. The van der Waals surface area contributed by atoms with Crippen LogP contribution in [0.5, 0.6) is 5.75 Å². The number of ether oxygens (including phenoxy) is 1. The van der Waals surface area contributed by atoms with Gasteiger partial charge in [0.05, 0.1) is 7.11 Å². The molecule has 0 atom stereocenters. The van der Waals surface area contributed by atoms with Gasteiger partial charge in [-0.25, -0.2) is 0 Å². The predicted molar refractivity (Wildman–Crippen MR) is 61.3 cm³/mol. The van der Waals surface area contributed by atoms with E-state index in [9.17, 15) is 0 Å². The maximum atomic E-state index is 6.04. The van der Waals surface area contributed by atoms with Gasteiger partial charge in [0, 0.05) is 5.56 Å². The Labute approximate surface area is 91.9 Å². The molecule has 0 spiro atoms. The Morgan fingerprint density at radius 1 is 1.14 bits per heavy atom. The first kappa shape index (κ1) is 9.56. The molecule has 0 radical (unpaired) electrons. The van der Waals surface area contributed by atoms with E-state index in [4.69, 9.17) is 16.3 Å². The Balaban J connectivity index is 2.39. The van der Waals surface area contributed by atoms with E-state index in [-0.39, 0.29) is 0 Å². The molecule has 1 nitrogen and oxygen atoms in total. The smallest absolute Gasteiger partial charge is 0.118 e. The van der Waals surface area contributed by atoms with Crippen molar-refractivity contribution in [1.82, 2.24) is 0 Å². The highest BCUT2D eigenvalue weighted by molar-refractivity contribution is 7.15. The molecule has 0 N–H and O–H groups in total. The molecule has 72 valence electrons. The summed E-state index contributed by atoms with van der Waals surface area (Å²) in [6.45, 7) is 0. The van der Waals surface area contributed by atoms with E-state index in [2.05, 4.69) is 0 Å². The highest BCUT2D eigenvalue weighted by Crippen LogP contribution is 2.33. The second-order valence-electron chi connectivity index (χ2n) is 2.84. The summed E-state index contributed by atoms with van der Waals surface area (Å²) in [6, 6.07) is 9.90. The molecule has 1 aromatic carbocycles. The molecular formula is C11H9ClOS. The summed E-state index contributed by atoms with van der Waals surface area (Å²) in [7, 11) is 1.66. The maximum absolute atomic E-state index is 6.04. The fraction of sp³-hybridized carbons (Fsp3) is 0.0909. The van der Waals surface area contributed by atoms with Gasteiger partial charge in [-0.2, -0.15) is 0 Å². The van der Waals surface area contributed by atoms with Crippen LogP contribution < -0.4 is 4.74 Å². The highest BCUT2D eigenvalue weighted by atomic mass is 35.5. The lowest BCUT2D eigenvalue weighted by molar-refractivity contribution is 0.415. The van der Waals surface area contributed by atoms with E-state index in [1.165, 1.54) is 0 Å². The minimum Gasteiger partial charge on any atom is -0.497 e. The summed E-state index contributed by atoms with van der Waals surface area (Å²) in [6.07, 6.45) is 0. The Morgan fingerprint density at radius 3 is 2.36 bits per heavy atom. The van der Waals surface area contributed by atoms with Crippen LogP contribution in [-0.2, 0) is 0 Å². The molecule has 0 unspecified atom stereocenters. The quantitative estimate of drug-likeness (QED) is 0.747. The SMILES string of the molecule is COc1ccc(-c2ccsc2Cl)cc1. The fourth-order valence-electron chi connectivity index (χ4n) is 1.27. The molecule has 1 heterocycles. The van der Waals surface area contributed by atoms with Gasteiger partial charge in [0.15, 0.2) is 0 Å². The molecule has 14 heavy (non-hydrogen) atoms. The summed E-state index contributed by atoms with van der Waals surface area (Å²) >= 11 is 7.58. The number of hydrogen-bond acceptors (Lipinski definition) is 2. The second kappa shape index (κ2) is 4.03. The lowest BCUT2D eigenvalue weighted by Crippen LogP contribution is -1.81. The average molecular weight is 225 g/mol. The van der Waals surface area contributed by atoms with Gasteiger partial charge in [-0.15, -0.1) is 11.3 Å². The number of hydrogen-bond donors (Lipinski definition) is 0. The van der Waals surface area contributed by atoms with E-state index in [1.807, 2.05) is 35.7 Å². The van der Waals surface area contributed by atoms with Crippen molar-refractivity contribution in [2.24, 2.45) is 0 Å². The van der Waals surface area contributed by atoms with Gasteiger partial charge in [-0.1, -0.05) is 23.7 Å². The van der Waals surface area contributed by atoms with E-state index in [0.717, 1.165) is 21.2 Å². The van der Waals surface area contributed by atoms with E-state index in [1.54, 1.807) is 18.4 Å². The van der Waals surface area contributed by atoms with Gasteiger partial charge < -0.3 is 4.74 Å². The average Bonchev–Trinajstić information content (AvgIpc) is 2.65. The summed E-state index contributed by atoms with van der Waals surface area (Å²) in [4.78, 5) is 0. The summed E-state index contributed by atoms with van der Waals surface area (Å²) in [5.74, 6) is 0.861. The van der Waals surface area contributed by atoms with Gasteiger partial charge in [-0.05, 0) is 29.1 Å². The Bertz CT molecular complexity index is 419. The number of rotatable bonds is 2. The number of benzene rings is 1. The molecule has 1 aromatic heterocycles. The molecule has 2 aromatic rings. The topological polar surface area (TPSA) is 9.23 Å². The third-order valence-corrected chi connectivity index (χ3v) is 3.19. The van der Waals surface area contributed by atoms with Gasteiger partial charge in [-0.3, -0.25) is 0 Å². The normalized spacial score (nSPS) is 10.1. The van der Waals surface area contributed by atoms with Crippen molar-refractivity contribution >= 4 is 22.9 Å². The molecule has 0 fully saturated rings. The molecule has 0 saturated heterocycles. The zero-order valence-electron chi connectivity index (χ0n) is 7.66. The lowest BCUT2D eigenvalue weighted by atomic mass is 10.1. The van der Waals surface area contributed by atoms with Gasteiger partial charge >= 0.3 is 0 Å². The molecular weight excluding hydrogens is 216 g/mol. The summed E-state index contributed by atoms with van der Waals surface area (Å²) in [5.41, 5.74) is 2.20. The molecule has 0 aliphatic carbocycles. The minimum absolute atomic E-state index is 0.829. The van der Waals surface area contributed by atoms with Crippen LogP contribution in [0.2, 0.25) is 4.34 Å². The van der Waals surface area contributed by atoms with Crippen LogP contribution >= 0.6 is 22.9 Å². The standard InChI is InChI=1S/C11H9ClOS/c1-13-9-4-2-8(3-5-9)10-6-7-14-11(10)12/h2-7H,1H3. The molecule has 0 amide bonds. The number of halogens is 1. The van der Waals surface area contributed by atoms with Crippen molar-refractivity contribution in [3.63, 3.8) is 0 Å². The Kier molecular flexibility index (Phi) is 2.75. The van der Waals surface area contributed by atoms with Crippen LogP contribution in [0.4, 0.5) is 0 Å². The Hall–Kier alpha value is -0.990. The Morgan fingerprint density at radius 2 is 1.86 bits per heavy atom. The maximum Gasteiger partial charge on any atom is 0.118 e. The van der Waals surface area contributed by atoms with E-state index < -0.39 is 0 Å². The molecule has 2 rings (SSSR count). The van der Waals surface area contributed by atoms with Crippen LogP contribution in [0.3, 0.4) is 0 Å². The zero-order chi connectivity index (χ0) is 9.97. The largest absolute Gasteiger partial charge is 0.497 e. The number of thiophene rings is 1. The van der Waals surface area contributed by atoms with Gasteiger partial charge in [0.2, 0.25) is 0 Å². The lowest BCUT2D eigenvalue weighted by Gasteiger charge is -2.01. The third-order valence-electron chi connectivity index (χ3n) is 2.02. The van der Waals surface area contributed by atoms with Crippen LogP contribution in [0.15, 0.2) is 35.7 Å². The van der Waals surface area contributed by atoms with Crippen molar-refractivity contribution in [3.8, 4) is 16.9 Å². The minimum atomic E-state index is 0.829. The van der Waals surface area contributed by atoms with Crippen molar-refractivity contribution in [2.45, 2.75) is 0 Å². The molecule has 3 heteroatoms. The first-order valence-electron chi connectivity index (χ1n) is 4.18. The van der Waals surface area contributed by atoms with Crippen molar-refractivity contribution < 1.29 is 4.74 Å². The molecule has 0 aliphatic rings. The summed E-state index contributed by atoms with van der Waals surface area (Å²) in [5, 5.41) is 1.99. The predicted octanol–water partition coefficient (Wildman–Crippen LogP) is 4.08. The first-order chi connectivity index (χ1) is 6.81. The number of methoxy groups -OCH3 is 1. The zero-order valence-corrected chi connectivity index (χ0v) is 9.23. The summed E-state index contributed by atoms with van der Waals surface area (Å²) < 4.78 is 5.92. The molecule has 0 bridgehead atoms. The van der Waals surface area contributed by atoms with Crippen molar-refractivity contribution in [1.29, 1.82) is 0 Å². The third kappa shape index (κ3) is 1.76. The highest BCUT2D eigenvalue weighted by Gasteiger charge is 2.03. The van der Waals surface area contributed by atoms with Gasteiger partial charge in [0.1, 0.15) is 10.1 Å². The molecule has 0 aliphatic heterocycles. The van der Waals surface area contributed by atoms with E-state index >= 15 is 0 Å². The first-order valence-corrected chi connectivity index (χ1v) is 5.44. The second-order valence-corrected chi connectivity index (χ2v) is 4.35. The van der Waals surface area contributed by atoms with E-state index in [0.29, 0.717) is 0 Å². The van der Waals surface area contributed by atoms with Gasteiger partial charge in [0.25, 0.3) is 0 Å². The fourth-order valence-corrected chi connectivity index (χ4v) is 2.23. The molecule has 0 saturated carbocycles. The van der Waals surface area contributed by atoms with Crippen molar-refractivity contribution in [2.75, 3.05) is 7.11 Å². The van der Waals surface area contributed by atoms with Crippen molar-refractivity contribution in [3.05, 3.63) is 40.0 Å². The van der Waals surface area contributed by atoms with Crippen LogP contribution in [0.1, 0.15) is 0 Å². The van der Waals surface area contributed by atoms with Crippen LogP contribution in [-0.4, -0.2) is 7.11 Å². The van der Waals surface area contributed by atoms with Crippen LogP contribution in [0, 0.1) is 0 Å².